The van der Waals surface area contributed by atoms with E-state index in [-0.39, 0.29) is 17.4 Å². The van der Waals surface area contributed by atoms with Crippen LogP contribution in [-0.4, -0.2) is 38.4 Å². The molecule has 2 atom stereocenters. The fourth-order valence-corrected chi connectivity index (χ4v) is 4.53. The second kappa shape index (κ2) is 6.71. The number of nitrogens with zero attached hydrogens (tertiary/aromatic N) is 4. The Hall–Kier alpha value is -3.28. The van der Waals surface area contributed by atoms with Gasteiger partial charge in [-0.05, 0) is 36.6 Å². The molecule has 0 radical (unpaired) electrons. The number of amides is 1. The molecule has 1 saturated heterocycles. The summed E-state index contributed by atoms with van der Waals surface area (Å²) in [6.07, 6.45) is 5.81. The molecular weight excluding hydrogens is 352 g/mol. The molecule has 4 heterocycles. The molecule has 1 aromatic carbocycles. The van der Waals surface area contributed by atoms with Crippen molar-refractivity contribution in [2.45, 2.75) is 18.9 Å². The molecule has 0 N–H and O–H groups in total. The topological polar surface area (TPSA) is 68.1 Å². The Labute approximate surface area is 162 Å². The summed E-state index contributed by atoms with van der Waals surface area (Å²) < 4.78 is 1.89. The van der Waals surface area contributed by atoms with Crippen LogP contribution in [0.5, 0.6) is 0 Å². The van der Waals surface area contributed by atoms with E-state index in [9.17, 15) is 9.59 Å². The molecule has 0 saturated carbocycles. The fraction of sp³-hybridized carbons (Fsp3) is 0.273. The Morgan fingerprint density at radius 3 is 2.54 bits per heavy atom. The first-order valence-electron chi connectivity index (χ1n) is 9.54. The molecule has 1 amide bonds. The Kier molecular flexibility index (Phi) is 4.04. The molecule has 2 aliphatic heterocycles. The molecule has 6 nitrogen and oxygen atoms in total. The van der Waals surface area contributed by atoms with Crippen molar-refractivity contribution in [3.63, 3.8) is 0 Å². The van der Waals surface area contributed by atoms with Crippen LogP contribution in [0.25, 0.3) is 11.1 Å². The SMILES string of the molecule is O=C(c1ccccc1)N1CC2CC(C1)c1ccc(-c3cncnc3)c(=O)n1C2. The van der Waals surface area contributed by atoms with Gasteiger partial charge in [-0.25, -0.2) is 9.97 Å². The van der Waals surface area contributed by atoms with Gasteiger partial charge in [0.1, 0.15) is 6.33 Å². The fourth-order valence-electron chi connectivity index (χ4n) is 4.53. The van der Waals surface area contributed by atoms with Crippen molar-refractivity contribution >= 4 is 5.91 Å². The van der Waals surface area contributed by atoms with E-state index < -0.39 is 0 Å². The van der Waals surface area contributed by atoms with Crippen LogP contribution in [0.4, 0.5) is 0 Å². The zero-order valence-corrected chi connectivity index (χ0v) is 15.4. The predicted octanol–water partition coefficient (Wildman–Crippen LogP) is 2.56. The lowest BCUT2D eigenvalue weighted by Crippen LogP contribution is -2.49. The molecule has 2 aliphatic rings. The van der Waals surface area contributed by atoms with Gasteiger partial charge in [-0.2, -0.15) is 0 Å². The second-order valence-electron chi connectivity index (χ2n) is 7.59. The maximum atomic E-state index is 13.1. The summed E-state index contributed by atoms with van der Waals surface area (Å²) >= 11 is 0. The number of likely N-dealkylation sites (tertiary alicyclic amines) is 1. The lowest BCUT2D eigenvalue weighted by Gasteiger charge is -2.43. The molecule has 28 heavy (non-hydrogen) atoms. The maximum absolute atomic E-state index is 13.1. The van der Waals surface area contributed by atoms with E-state index in [1.165, 1.54) is 6.33 Å². The maximum Gasteiger partial charge on any atom is 0.258 e. The van der Waals surface area contributed by atoms with E-state index in [2.05, 4.69) is 9.97 Å². The number of rotatable bonds is 2. The predicted molar refractivity (Wildman–Crippen MR) is 105 cm³/mol. The van der Waals surface area contributed by atoms with Gasteiger partial charge in [0.25, 0.3) is 11.5 Å². The Morgan fingerprint density at radius 2 is 1.75 bits per heavy atom. The molecule has 140 valence electrons. The normalized spacial score (nSPS) is 20.5. The molecule has 5 rings (SSSR count). The summed E-state index contributed by atoms with van der Waals surface area (Å²) in [6.45, 7) is 1.98. The van der Waals surface area contributed by atoms with Gasteiger partial charge in [0.2, 0.25) is 0 Å². The number of fused-ring (bicyclic) bond motifs is 4. The zero-order chi connectivity index (χ0) is 19.1. The van der Waals surface area contributed by atoms with Crippen LogP contribution in [-0.2, 0) is 6.54 Å². The van der Waals surface area contributed by atoms with Gasteiger partial charge in [-0.15, -0.1) is 0 Å². The van der Waals surface area contributed by atoms with Crippen LogP contribution >= 0.6 is 0 Å². The van der Waals surface area contributed by atoms with Crippen molar-refractivity contribution in [1.82, 2.24) is 19.4 Å². The standard InChI is InChI=1S/C22H20N4O2/c27-21(16-4-2-1-3-5-16)25-11-15-8-17(13-25)20-7-6-19(22(28)26(20)12-15)18-9-23-14-24-10-18/h1-7,9-10,14-15,17H,8,11-13H2. The van der Waals surface area contributed by atoms with Crippen molar-refractivity contribution in [2.24, 2.45) is 5.92 Å². The smallest absolute Gasteiger partial charge is 0.258 e. The molecule has 6 heteroatoms. The van der Waals surface area contributed by atoms with Crippen molar-refractivity contribution in [2.75, 3.05) is 13.1 Å². The van der Waals surface area contributed by atoms with Gasteiger partial charge in [0.15, 0.2) is 0 Å². The van der Waals surface area contributed by atoms with Crippen molar-refractivity contribution in [3.05, 3.63) is 82.8 Å². The zero-order valence-electron chi connectivity index (χ0n) is 15.4. The van der Waals surface area contributed by atoms with Crippen molar-refractivity contribution in [1.29, 1.82) is 0 Å². The van der Waals surface area contributed by atoms with Crippen molar-refractivity contribution < 1.29 is 4.79 Å². The highest BCUT2D eigenvalue weighted by molar-refractivity contribution is 5.94. The number of carbonyl (C=O) groups is 1. The number of aromatic nitrogens is 3. The van der Waals surface area contributed by atoms with E-state index in [0.717, 1.165) is 23.2 Å². The molecule has 0 aliphatic carbocycles. The average molecular weight is 372 g/mol. The van der Waals surface area contributed by atoms with Gasteiger partial charge >= 0.3 is 0 Å². The number of carbonyl (C=O) groups excluding carboxylic acids is 1. The molecule has 3 aromatic rings. The summed E-state index contributed by atoms with van der Waals surface area (Å²) in [5.41, 5.74) is 3.11. The minimum Gasteiger partial charge on any atom is -0.338 e. The number of piperidine rings is 1. The third kappa shape index (κ3) is 2.81. The third-order valence-corrected chi connectivity index (χ3v) is 5.78. The lowest BCUT2D eigenvalue weighted by molar-refractivity contribution is 0.0594. The van der Waals surface area contributed by atoms with Crippen LogP contribution in [0.1, 0.15) is 28.4 Å². The summed E-state index contributed by atoms with van der Waals surface area (Å²) in [5.74, 6) is 0.553. The van der Waals surface area contributed by atoms with Gasteiger partial charge < -0.3 is 9.47 Å². The second-order valence-corrected chi connectivity index (χ2v) is 7.59. The number of benzene rings is 1. The van der Waals surface area contributed by atoms with E-state index in [1.807, 2.05) is 51.9 Å². The van der Waals surface area contributed by atoms with Gasteiger partial charge in [0.05, 0.1) is 5.56 Å². The average Bonchev–Trinajstić information content (AvgIpc) is 2.75. The minimum absolute atomic E-state index is 0.00448. The third-order valence-electron chi connectivity index (χ3n) is 5.78. The first-order valence-corrected chi connectivity index (χ1v) is 9.54. The Balaban J connectivity index is 1.47. The van der Waals surface area contributed by atoms with E-state index in [1.54, 1.807) is 12.4 Å². The number of hydrogen-bond acceptors (Lipinski definition) is 4. The van der Waals surface area contributed by atoms with Crippen LogP contribution in [0.3, 0.4) is 0 Å². The summed E-state index contributed by atoms with van der Waals surface area (Å²) in [6, 6.07) is 13.3. The Morgan fingerprint density at radius 1 is 0.964 bits per heavy atom. The summed E-state index contributed by atoms with van der Waals surface area (Å²) in [7, 11) is 0. The highest BCUT2D eigenvalue weighted by Crippen LogP contribution is 2.36. The number of pyridine rings is 1. The largest absolute Gasteiger partial charge is 0.338 e. The molecule has 2 unspecified atom stereocenters. The highest BCUT2D eigenvalue weighted by atomic mass is 16.2. The number of hydrogen-bond donors (Lipinski definition) is 0. The highest BCUT2D eigenvalue weighted by Gasteiger charge is 2.36. The molecule has 0 spiro atoms. The van der Waals surface area contributed by atoms with Gasteiger partial charge in [0, 0.05) is 54.8 Å². The van der Waals surface area contributed by atoms with Gasteiger partial charge in [-0.3, -0.25) is 9.59 Å². The molecule has 2 bridgehead atoms. The summed E-state index contributed by atoms with van der Waals surface area (Å²) in [5, 5.41) is 0. The van der Waals surface area contributed by atoms with Crippen molar-refractivity contribution in [3.8, 4) is 11.1 Å². The first kappa shape index (κ1) is 16.9. The monoisotopic (exact) mass is 372 g/mol. The lowest BCUT2D eigenvalue weighted by atomic mass is 9.82. The quantitative estimate of drug-likeness (QED) is 0.693. The minimum atomic E-state index is 0.00448. The van der Waals surface area contributed by atoms with Crippen LogP contribution in [0.2, 0.25) is 0 Å². The summed E-state index contributed by atoms with van der Waals surface area (Å²) in [4.78, 5) is 36.0. The van der Waals surface area contributed by atoms with E-state index in [4.69, 9.17) is 0 Å². The van der Waals surface area contributed by atoms with E-state index >= 15 is 0 Å². The van der Waals surface area contributed by atoms with Crippen LogP contribution in [0, 0.1) is 5.92 Å². The first-order chi connectivity index (χ1) is 13.7. The van der Waals surface area contributed by atoms with Gasteiger partial charge in [-0.1, -0.05) is 18.2 Å². The molecular formula is C22H20N4O2. The van der Waals surface area contributed by atoms with Crippen LogP contribution in [0.15, 0.2) is 66.0 Å². The van der Waals surface area contributed by atoms with Crippen LogP contribution < -0.4 is 5.56 Å². The Bertz CT molecular complexity index is 1080. The molecule has 1 fully saturated rings. The molecule has 2 aromatic heterocycles. The van der Waals surface area contributed by atoms with E-state index in [0.29, 0.717) is 31.1 Å².